The zero-order chi connectivity index (χ0) is 28.3. The molecule has 2 atom stereocenters. The highest BCUT2D eigenvalue weighted by atomic mass is 16.5. The summed E-state index contributed by atoms with van der Waals surface area (Å²) in [6.45, 7) is 19.7. The Morgan fingerprint density at radius 3 is 1.00 bits per heavy atom. The SMILES string of the molecule is CC.CC.CC.CC.CC.CN(C)C(O)COC(=O)c1ccc(C(=O)OCC(O)N(C)C)cc1. The first-order chi connectivity index (χ1) is 16.2. The van der Waals surface area contributed by atoms with Crippen LogP contribution in [0.15, 0.2) is 24.3 Å². The van der Waals surface area contributed by atoms with Crippen molar-refractivity contribution in [3.63, 3.8) is 0 Å². The predicted octanol–water partition coefficient (Wildman–Crippen LogP) is 4.89. The fourth-order valence-electron chi connectivity index (χ4n) is 1.51. The number of aliphatic hydroxyl groups is 2. The van der Waals surface area contributed by atoms with E-state index >= 15 is 0 Å². The highest BCUT2D eigenvalue weighted by Gasteiger charge is 2.15. The molecule has 2 unspecified atom stereocenters. The number of carbonyl (C=O) groups is 2. The molecule has 0 aromatic heterocycles. The summed E-state index contributed by atoms with van der Waals surface area (Å²) in [5.41, 5.74) is 0.511. The van der Waals surface area contributed by atoms with Crippen LogP contribution in [0.25, 0.3) is 0 Å². The number of esters is 2. The van der Waals surface area contributed by atoms with Crippen molar-refractivity contribution in [1.29, 1.82) is 0 Å². The van der Waals surface area contributed by atoms with Crippen LogP contribution in [0, 0.1) is 0 Å². The van der Waals surface area contributed by atoms with Crippen molar-refractivity contribution in [3.05, 3.63) is 35.4 Å². The Morgan fingerprint density at radius 2 is 0.824 bits per heavy atom. The van der Waals surface area contributed by atoms with E-state index in [0.717, 1.165) is 0 Å². The summed E-state index contributed by atoms with van der Waals surface area (Å²) < 4.78 is 9.94. The minimum absolute atomic E-state index is 0.155. The highest BCUT2D eigenvalue weighted by Crippen LogP contribution is 2.08. The molecule has 1 aromatic rings. The zero-order valence-corrected chi connectivity index (χ0v) is 24.3. The molecule has 2 N–H and O–H groups in total. The van der Waals surface area contributed by atoms with Crippen LogP contribution >= 0.6 is 0 Å². The van der Waals surface area contributed by atoms with Crippen molar-refractivity contribution >= 4 is 11.9 Å². The molecule has 0 aliphatic rings. The summed E-state index contributed by atoms with van der Waals surface area (Å²) >= 11 is 0. The van der Waals surface area contributed by atoms with Gasteiger partial charge < -0.3 is 19.7 Å². The molecule has 0 saturated carbocycles. The van der Waals surface area contributed by atoms with Gasteiger partial charge in [0.15, 0.2) is 0 Å². The molecule has 1 rings (SSSR count). The molecule has 0 bridgehead atoms. The van der Waals surface area contributed by atoms with Crippen LogP contribution in [-0.4, -0.2) is 85.8 Å². The summed E-state index contributed by atoms with van der Waals surface area (Å²) in [6.07, 6.45) is -1.77. The number of carbonyl (C=O) groups excluding carboxylic acids is 2. The number of benzene rings is 1. The van der Waals surface area contributed by atoms with E-state index in [1.807, 2.05) is 69.2 Å². The molecule has 34 heavy (non-hydrogen) atoms. The molecule has 0 amide bonds. The van der Waals surface area contributed by atoms with Crippen LogP contribution in [0.3, 0.4) is 0 Å². The summed E-state index contributed by atoms with van der Waals surface area (Å²) in [4.78, 5) is 26.7. The number of aliphatic hydroxyl groups excluding tert-OH is 2. The highest BCUT2D eigenvalue weighted by molar-refractivity contribution is 5.93. The van der Waals surface area contributed by atoms with Gasteiger partial charge in [0.1, 0.15) is 25.7 Å². The van der Waals surface area contributed by atoms with E-state index in [-0.39, 0.29) is 24.3 Å². The molecule has 0 heterocycles. The average Bonchev–Trinajstić information content (AvgIpc) is 2.91. The summed E-state index contributed by atoms with van der Waals surface area (Å²) in [5.74, 6) is -1.20. The second-order valence-electron chi connectivity index (χ2n) is 5.66. The van der Waals surface area contributed by atoms with Gasteiger partial charge in [-0.15, -0.1) is 0 Å². The minimum atomic E-state index is -0.883. The molecule has 8 nitrogen and oxygen atoms in total. The van der Waals surface area contributed by atoms with Gasteiger partial charge in [0, 0.05) is 0 Å². The molecule has 0 spiro atoms. The van der Waals surface area contributed by atoms with E-state index in [1.54, 1.807) is 28.2 Å². The number of ether oxygens (including phenoxy) is 2. The predicted molar refractivity (Wildman–Crippen MR) is 143 cm³/mol. The average molecular weight is 491 g/mol. The van der Waals surface area contributed by atoms with Crippen molar-refractivity contribution in [1.82, 2.24) is 9.80 Å². The van der Waals surface area contributed by atoms with E-state index in [9.17, 15) is 19.8 Å². The Hall–Kier alpha value is -2.00. The Morgan fingerprint density at radius 1 is 0.618 bits per heavy atom. The van der Waals surface area contributed by atoms with Crippen LogP contribution in [-0.2, 0) is 9.47 Å². The molecule has 8 heteroatoms. The number of hydrogen-bond acceptors (Lipinski definition) is 8. The zero-order valence-electron chi connectivity index (χ0n) is 24.3. The summed E-state index contributed by atoms with van der Waals surface area (Å²) in [7, 11) is 6.64. The lowest BCUT2D eigenvalue weighted by Gasteiger charge is -2.18. The first kappa shape index (κ1) is 42.2. The van der Waals surface area contributed by atoms with Gasteiger partial charge >= 0.3 is 11.9 Å². The molecule has 0 fully saturated rings. The monoisotopic (exact) mass is 490 g/mol. The Labute approximate surface area is 209 Å². The molecular weight excluding hydrogens is 436 g/mol. The molecule has 0 aliphatic carbocycles. The van der Waals surface area contributed by atoms with Crippen LogP contribution in [0.1, 0.15) is 90.0 Å². The molecule has 204 valence electrons. The molecule has 1 aromatic carbocycles. The van der Waals surface area contributed by atoms with Gasteiger partial charge in [0.2, 0.25) is 0 Å². The van der Waals surface area contributed by atoms with Gasteiger partial charge in [-0.2, -0.15) is 0 Å². The van der Waals surface area contributed by atoms with Crippen LogP contribution in [0.2, 0.25) is 0 Å². The normalized spacial score (nSPS) is 10.5. The lowest BCUT2D eigenvalue weighted by Crippen LogP contribution is -2.33. The fraction of sp³-hybridized carbons (Fsp3) is 0.692. The first-order valence-electron chi connectivity index (χ1n) is 12.4. The third kappa shape index (κ3) is 21.8. The van der Waals surface area contributed by atoms with Crippen LogP contribution in [0.5, 0.6) is 0 Å². The maximum atomic E-state index is 11.8. The maximum Gasteiger partial charge on any atom is 0.338 e. The van der Waals surface area contributed by atoms with Crippen molar-refractivity contribution in [2.24, 2.45) is 0 Å². The fourth-order valence-corrected chi connectivity index (χ4v) is 1.51. The molecular formula is C26H54N2O6. The van der Waals surface area contributed by atoms with E-state index < -0.39 is 24.4 Å². The van der Waals surface area contributed by atoms with Gasteiger partial charge in [0.05, 0.1) is 11.1 Å². The van der Waals surface area contributed by atoms with E-state index in [2.05, 4.69) is 0 Å². The second kappa shape index (κ2) is 31.0. The van der Waals surface area contributed by atoms with Gasteiger partial charge in [-0.05, 0) is 52.5 Å². The molecule has 0 aliphatic heterocycles. The Kier molecular flexibility index (Phi) is 38.5. The molecule has 0 saturated heterocycles. The second-order valence-corrected chi connectivity index (χ2v) is 5.66. The van der Waals surface area contributed by atoms with Gasteiger partial charge in [-0.1, -0.05) is 69.2 Å². The smallest absolute Gasteiger partial charge is 0.338 e. The molecule has 0 radical (unpaired) electrons. The third-order valence-electron chi connectivity index (χ3n) is 3.28. The van der Waals surface area contributed by atoms with Crippen molar-refractivity contribution in [2.75, 3.05) is 41.4 Å². The third-order valence-corrected chi connectivity index (χ3v) is 3.28. The largest absolute Gasteiger partial charge is 0.458 e. The summed E-state index contributed by atoms with van der Waals surface area (Å²) in [5, 5.41) is 19.1. The van der Waals surface area contributed by atoms with Gasteiger partial charge in [-0.25, -0.2) is 9.59 Å². The van der Waals surface area contributed by atoms with Crippen molar-refractivity contribution in [3.8, 4) is 0 Å². The standard InChI is InChI=1S/C16H24N2O6.5C2H6/c1-17(2)13(19)9-23-15(21)11-5-7-12(8-6-11)16(22)24-10-14(20)18(3)4;5*1-2/h5-8,13-14,19-20H,9-10H2,1-4H3;5*1-2H3. The van der Waals surface area contributed by atoms with E-state index in [4.69, 9.17) is 9.47 Å². The quantitative estimate of drug-likeness (QED) is 0.392. The summed E-state index contributed by atoms with van der Waals surface area (Å²) in [6, 6.07) is 5.74. The van der Waals surface area contributed by atoms with Crippen LogP contribution < -0.4 is 0 Å². The number of hydrogen-bond donors (Lipinski definition) is 2. The van der Waals surface area contributed by atoms with Crippen molar-refractivity contribution in [2.45, 2.75) is 81.7 Å². The van der Waals surface area contributed by atoms with Crippen LogP contribution in [0.4, 0.5) is 0 Å². The van der Waals surface area contributed by atoms with Crippen molar-refractivity contribution < 1.29 is 29.3 Å². The lowest BCUT2D eigenvalue weighted by atomic mass is 10.1. The van der Waals surface area contributed by atoms with E-state index in [0.29, 0.717) is 0 Å². The maximum absolute atomic E-state index is 11.8. The Bertz CT molecular complexity index is 500. The lowest BCUT2D eigenvalue weighted by molar-refractivity contribution is -0.0246. The number of rotatable bonds is 8. The number of nitrogens with zero attached hydrogens (tertiary/aromatic N) is 2. The topological polar surface area (TPSA) is 99.5 Å². The minimum Gasteiger partial charge on any atom is -0.458 e. The Balaban J connectivity index is -0.000000247. The van der Waals surface area contributed by atoms with Gasteiger partial charge in [-0.3, -0.25) is 9.80 Å². The number of likely N-dealkylation sites (N-methyl/N-ethyl adjacent to an activating group) is 2. The van der Waals surface area contributed by atoms with Gasteiger partial charge in [0.25, 0.3) is 0 Å². The first-order valence-corrected chi connectivity index (χ1v) is 12.4. The van der Waals surface area contributed by atoms with E-state index in [1.165, 1.54) is 34.1 Å².